The summed E-state index contributed by atoms with van der Waals surface area (Å²) in [5.41, 5.74) is 1.84. The molecule has 1 aromatic heterocycles. The second kappa shape index (κ2) is 6.42. The molecule has 1 N–H and O–H groups in total. The summed E-state index contributed by atoms with van der Waals surface area (Å²) in [6.45, 7) is 1.90. The summed E-state index contributed by atoms with van der Waals surface area (Å²) in [5, 5.41) is 7.48. The minimum atomic E-state index is -0.132. The number of rotatable bonds is 3. The van der Waals surface area contributed by atoms with Crippen molar-refractivity contribution >= 4 is 43.2 Å². The standard InChI is InChI=1S/C15H16Br2N4O/c1-20-15(22)14(17)13(8-18-20)19-11-6-7-21(9-11)12-4-2-10(16)3-5-12/h2-5,8,11,19H,6-7,9H2,1H3. The van der Waals surface area contributed by atoms with Crippen molar-refractivity contribution in [3.8, 4) is 0 Å². The number of aryl methyl sites for hydroxylation is 1. The summed E-state index contributed by atoms with van der Waals surface area (Å²) >= 11 is 6.81. The van der Waals surface area contributed by atoms with Crippen LogP contribution in [0.3, 0.4) is 0 Å². The van der Waals surface area contributed by atoms with Crippen LogP contribution in [-0.4, -0.2) is 28.9 Å². The van der Waals surface area contributed by atoms with Crippen LogP contribution in [0.25, 0.3) is 0 Å². The van der Waals surface area contributed by atoms with Crippen molar-refractivity contribution in [2.75, 3.05) is 23.3 Å². The number of nitrogens with zero attached hydrogens (tertiary/aromatic N) is 3. The van der Waals surface area contributed by atoms with Crippen LogP contribution >= 0.6 is 31.9 Å². The first-order valence-electron chi connectivity index (χ1n) is 7.03. The van der Waals surface area contributed by atoms with Gasteiger partial charge in [-0.05, 0) is 46.6 Å². The predicted molar refractivity (Wildman–Crippen MR) is 95.6 cm³/mol. The molecule has 0 saturated carbocycles. The van der Waals surface area contributed by atoms with E-state index in [0.717, 1.165) is 29.7 Å². The molecule has 116 valence electrons. The van der Waals surface area contributed by atoms with E-state index in [2.05, 4.69) is 71.4 Å². The van der Waals surface area contributed by atoms with Gasteiger partial charge in [0.05, 0.1) is 11.9 Å². The number of nitrogens with one attached hydrogen (secondary N) is 1. The molecule has 5 nitrogen and oxygen atoms in total. The monoisotopic (exact) mass is 426 g/mol. The van der Waals surface area contributed by atoms with Gasteiger partial charge >= 0.3 is 0 Å². The van der Waals surface area contributed by atoms with Crippen LogP contribution in [-0.2, 0) is 7.05 Å². The number of hydrogen-bond donors (Lipinski definition) is 1. The van der Waals surface area contributed by atoms with Gasteiger partial charge in [0.1, 0.15) is 4.47 Å². The zero-order valence-corrected chi connectivity index (χ0v) is 15.3. The molecule has 1 fully saturated rings. The maximum absolute atomic E-state index is 11.9. The van der Waals surface area contributed by atoms with Gasteiger partial charge < -0.3 is 10.2 Å². The summed E-state index contributed by atoms with van der Waals surface area (Å²) < 4.78 is 2.94. The summed E-state index contributed by atoms with van der Waals surface area (Å²) in [7, 11) is 1.64. The second-order valence-corrected chi connectivity index (χ2v) is 7.06. The molecule has 1 saturated heterocycles. The van der Waals surface area contributed by atoms with Gasteiger partial charge in [-0.3, -0.25) is 4.79 Å². The van der Waals surface area contributed by atoms with Crippen LogP contribution in [0.4, 0.5) is 11.4 Å². The third-order valence-corrected chi connectivity index (χ3v) is 5.11. The highest BCUT2D eigenvalue weighted by Gasteiger charge is 2.23. The molecule has 3 rings (SSSR count). The first kappa shape index (κ1) is 15.6. The van der Waals surface area contributed by atoms with Crippen LogP contribution in [0, 0.1) is 0 Å². The van der Waals surface area contributed by atoms with Crippen molar-refractivity contribution in [1.29, 1.82) is 0 Å². The van der Waals surface area contributed by atoms with E-state index in [9.17, 15) is 4.79 Å². The Labute approximate surface area is 145 Å². The molecule has 1 atom stereocenters. The molecule has 22 heavy (non-hydrogen) atoms. The molecule has 0 radical (unpaired) electrons. The Morgan fingerprint density at radius 2 is 2.00 bits per heavy atom. The van der Waals surface area contributed by atoms with Crippen LogP contribution in [0.2, 0.25) is 0 Å². The molecule has 1 aliphatic heterocycles. The number of anilines is 2. The smallest absolute Gasteiger partial charge is 0.282 e. The summed E-state index contributed by atoms with van der Waals surface area (Å²) in [4.78, 5) is 14.2. The first-order chi connectivity index (χ1) is 10.5. The Bertz CT molecular complexity index is 729. The third-order valence-electron chi connectivity index (χ3n) is 3.82. The fraction of sp³-hybridized carbons (Fsp3) is 0.333. The van der Waals surface area contributed by atoms with Gasteiger partial charge in [-0.15, -0.1) is 0 Å². The van der Waals surface area contributed by atoms with E-state index in [1.54, 1.807) is 13.2 Å². The molecule has 1 unspecified atom stereocenters. The molecule has 1 aromatic carbocycles. The zero-order chi connectivity index (χ0) is 15.7. The summed E-state index contributed by atoms with van der Waals surface area (Å²) in [6.07, 6.45) is 2.71. The lowest BCUT2D eigenvalue weighted by Crippen LogP contribution is -2.28. The van der Waals surface area contributed by atoms with Crippen molar-refractivity contribution in [1.82, 2.24) is 9.78 Å². The Morgan fingerprint density at radius 1 is 1.27 bits per heavy atom. The number of hydrogen-bond acceptors (Lipinski definition) is 4. The minimum Gasteiger partial charge on any atom is -0.378 e. The van der Waals surface area contributed by atoms with E-state index < -0.39 is 0 Å². The lowest BCUT2D eigenvalue weighted by Gasteiger charge is -2.20. The van der Waals surface area contributed by atoms with E-state index in [4.69, 9.17) is 0 Å². The summed E-state index contributed by atoms with van der Waals surface area (Å²) in [5.74, 6) is 0. The normalized spacial score (nSPS) is 17.8. The molecular formula is C15H16Br2N4O. The van der Waals surface area contributed by atoms with Crippen molar-refractivity contribution in [2.24, 2.45) is 7.05 Å². The molecule has 0 bridgehead atoms. The minimum absolute atomic E-state index is 0.132. The van der Waals surface area contributed by atoms with Gasteiger partial charge in [-0.2, -0.15) is 5.10 Å². The molecule has 0 spiro atoms. The average Bonchev–Trinajstić information content (AvgIpc) is 2.97. The zero-order valence-electron chi connectivity index (χ0n) is 12.1. The Balaban J connectivity index is 1.70. The van der Waals surface area contributed by atoms with E-state index in [1.807, 2.05) is 0 Å². The first-order valence-corrected chi connectivity index (χ1v) is 8.62. The third kappa shape index (κ3) is 3.20. The Morgan fingerprint density at radius 3 is 2.73 bits per heavy atom. The number of benzene rings is 1. The van der Waals surface area contributed by atoms with Crippen molar-refractivity contribution in [3.05, 3.63) is 49.8 Å². The van der Waals surface area contributed by atoms with E-state index >= 15 is 0 Å². The van der Waals surface area contributed by atoms with Gasteiger partial charge in [-0.1, -0.05) is 15.9 Å². The van der Waals surface area contributed by atoms with Crippen LogP contribution in [0.15, 0.2) is 44.2 Å². The van der Waals surface area contributed by atoms with Gasteiger partial charge in [0.15, 0.2) is 0 Å². The molecule has 1 aliphatic rings. The summed E-state index contributed by atoms with van der Waals surface area (Å²) in [6, 6.07) is 8.63. The van der Waals surface area contributed by atoms with Gasteiger partial charge in [0.25, 0.3) is 5.56 Å². The quantitative estimate of drug-likeness (QED) is 0.817. The predicted octanol–water partition coefficient (Wildman–Crippen LogP) is 3.00. The van der Waals surface area contributed by atoms with Gasteiger partial charge in [-0.25, -0.2) is 4.68 Å². The molecule has 0 amide bonds. The van der Waals surface area contributed by atoms with Crippen LogP contribution in [0.1, 0.15) is 6.42 Å². The average molecular weight is 428 g/mol. The highest BCUT2D eigenvalue weighted by molar-refractivity contribution is 9.10. The van der Waals surface area contributed by atoms with E-state index in [0.29, 0.717) is 10.5 Å². The Kier molecular flexibility index (Phi) is 4.54. The lowest BCUT2D eigenvalue weighted by molar-refractivity contribution is 0.699. The molecule has 2 aromatic rings. The molecule has 0 aliphatic carbocycles. The largest absolute Gasteiger partial charge is 0.378 e. The molecular weight excluding hydrogens is 412 g/mol. The SMILES string of the molecule is Cn1ncc(NC2CCN(c3ccc(Br)cc3)C2)c(Br)c1=O. The van der Waals surface area contributed by atoms with E-state index in [-0.39, 0.29) is 5.56 Å². The number of aromatic nitrogens is 2. The maximum atomic E-state index is 11.9. The lowest BCUT2D eigenvalue weighted by atomic mass is 10.2. The highest BCUT2D eigenvalue weighted by atomic mass is 79.9. The Hall–Kier alpha value is -1.34. The van der Waals surface area contributed by atoms with Gasteiger partial charge in [0, 0.05) is 36.3 Å². The van der Waals surface area contributed by atoms with Crippen molar-refractivity contribution < 1.29 is 0 Å². The molecule has 2 heterocycles. The second-order valence-electron chi connectivity index (χ2n) is 5.35. The fourth-order valence-electron chi connectivity index (χ4n) is 2.60. The van der Waals surface area contributed by atoms with E-state index in [1.165, 1.54) is 10.4 Å². The maximum Gasteiger partial charge on any atom is 0.282 e. The topological polar surface area (TPSA) is 50.2 Å². The van der Waals surface area contributed by atoms with Crippen molar-refractivity contribution in [2.45, 2.75) is 12.5 Å². The fourth-order valence-corrected chi connectivity index (χ4v) is 3.33. The highest BCUT2D eigenvalue weighted by Crippen LogP contribution is 2.25. The van der Waals surface area contributed by atoms with Crippen LogP contribution in [0.5, 0.6) is 0 Å². The van der Waals surface area contributed by atoms with Gasteiger partial charge in [0.2, 0.25) is 0 Å². The number of halogens is 2. The molecule has 7 heteroatoms. The van der Waals surface area contributed by atoms with Crippen LogP contribution < -0.4 is 15.8 Å². The van der Waals surface area contributed by atoms with Crippen molar-refractivity contribution in [3.63, 3.8) is 0 Å².